The number of H-pyrrole nitrogens is 1. The van der Waals surface area contributed by atoms with E-state index in [4.69, 9.17) is 17.2 Å². The van der Waals surface area contributed by atoms with Crippen LogP contribution in [-0.4, -0.2) is 123 Å². The van der Waals surface area contributed by atoms with Gasteiger partial charge in [0, 0.05) is 53.7 Å². The number of nitrogens with zero attached hydrogens (tertiary/aromatic N) is 2. The van der Waals surface area contributed by atoms with Gasteiger partial charge in [-0.15, -0.1) is 0 Å². The summed E-state index contributed by atoms with van der Waals surface area (Å²) in [7, 11) is 2.46. The molecule has 22 heteroatoms. The van der Waals surface area contributed by atoms with E-state index in [2.05, 4.69) is 36.6 Å². The zero-order valence-corrected chi connectivity index (χ0v) is 32.5. The number of carboxylic acids is 1. The molecule has 1 aromatic carbocycles. The highest BCUT2D eigenvalue weighted by Gasteiger charge is 2.60. The molecule has 2 saturated heterocycles. The van der Waals surface area contributed by atoms with Crippen LogP contribution in [0.25, 0.3) is 10.9 Å². The minimum Gasteiger partial charge on any atom is -0.481 e. The number of aromatic nitrogens is 1. The van der Waals surface area contributed by atoms with Gasteiger partial charge in [0.2, 0.25) is 35.4 Å². The fourth-order valence-corrected chi connectivity index (χ4v) is 9.23. The van der Waals surface area contributed by atoms with Crippen LogP contribution < -0.4 is 43.8 Å². The molecular formula is C35H47N11O9S2. The first-order valence-electron chi connectivity index (χ1n) is 18.4. The summed E-state index contributed by atoms with van der Waals surface area (Å²) in [6, 6.07) is 1.66. The number of hydrogen-bond acceptors (Lipinski definition) is 11. The number of guanidine groups is 1. The molecule has 308 valence electrons. The lowest BCUT2D eigenvalue weighted by Gasteiger charge is -2.30. The molecule has 7 amide bonds. The summed E-state index contributed by atoms with van der Waals surface area (Å²) in [5.74, 6) is -6.64. The highest BCUT2D eigenvalue weighted by molar-refractivity contribution is 8.76. The highest BCUT2D eigenvalue weighted by atomic mass is 33.1. The molecular weight excluding hydrogens is 783 g/mol. The van der Waals surface area contributed by atoms with Crippen LogP contribution in [0, 0.1) is 5.92 Å². The van der Waals surface area contributed by atoms with Crippen LogP contribution in [0.15, 0.2) is 35.5 Å². The van der Waals surface area contributed by atoms with Crippen molar-refractivity contribution in [1.82, 2.24) is 36.5 Å². The Labute approximate surface area is 334 Å². The Hall–Kier alpha value is -5.51. The number of benzene rings is 1. The van der Waals surface area contributed by atoms with E-state index in [9.17, 15) is 43.5 Å². The largest absolute Gasteiger partial charge is 0.481 e. The van der Waals surface area contributed by atoms with E-state index in [0.29, 0.717) is 42.3 Å². The van der Waals surface area contributed by atoms with Gasteiger partial charge in [0.05, 0.1) is 13.0 Å². The first-order chi connectivity index (χ1) is 27.2. The van der Waals surface area contributed by atoms with Crippen molar-refractivity contribution in [3.05, 3.63) is 36.0 Å². The van der Waals surface area contributed by atoms with Gasteiger partial charge in [0.1, 0.15) is 29.7 Å². The minimum absolute atomic E-state index is 0.00970. The maximum atomic E-state index is 14.4. The maximum absolute atomic E-state index is 14.4. The summed E-state index contributed by atoms with van der Waals surface area (Å²) in [4.78, 5) is 115. The van der Waals surface area contributed by atoms with Crippen molar-refractivity contribution in [1.29, 1.82) is 0 Å². The van der Waals surface area contributed by atoms with Gasteiger partial charge in [-0.05, 0) is 44.1 Å². The normalized spacial score (nSPS) is 27.0. The van der Waals surface area contributed by atoms with Crippen LogP contribution in [0.1, 0.15) is 56.6 Å². The number of rotatable bonds is 8. The standard InChI is InChI=1S/C35H47N11O9S2/c36-29(51)23-17-57-56-12-9-25(47)45-35(14-18(35)5-3-10-39-34(37)38)33(55)41-16-26(48)42-22(13-27(49)50)30(52)44-28(20-15-40-21-7-2-1-6-19(20)21)32(54)46-11-4-8-24(46)31(53)43-23/h1-2,6-7,15,18,22-24,28,40H,3-5,8-14,16-17H2,(H2,36,51)(H,41,55)(H,42,48)(H,43,53)(H,44,52)(H,45,47)(H,49,50)(H4,37,38,39)/t18?,22-,23?,24-,28?,35?/m0/s1. The number of carbonyl (C=O) groups is 8. The number of aliphatic imine (C=N–C) groups is 1. The second-order valence-electron chi connectivity index (χ2n) is 14.0. The first-order valence-corrected chi connectivity index (χ1v) is 20.9. The third-order valence-electron chi connectivity index (χ3n) is 10.0. The molecule has 2 aromatic rings. The molecule has 20 nitrogen and oxygen atoms in total. The SMILES string of the molecule is NC(=O)C1CSSCCC(=O)NC2(CC2CCCN=C(N)N)C(=O)NCC(=O)N[C@@H](CC(=O)O)C(=O)NC(c2c[nH]c3ccccc23)C(=O)N2CCC[C@H]2C(=O)N1. The Morgan fingerprint density at radius 1 is 0.982 bits per heavy atom. The van der Waals surface area contributed by atoms with Gasteiger partial charge in [-0.2, -0.15) is 0 Å². The molecule has 57 heavy (non-hydrogen) atoms. The molecule has 5 rings (SSSR count). The third-order valence-corrected chi connectivity index (χ3v) is 12.4. The molecule has 3 heterocycles. The monoisotopic (exact) mass is 829 g/mol. The predicted octanol–water partition coefficient (Wildman–Crippen LogP) is -1.92. The summed E-state index contributed by atoms with van der Waals surface area (Å²) in [6.07, 6.45) is 2.54. The Kier molecular flexibility index (Phi) is 14.3. The van der Waals surface area contributed by atoms with Gasteiger partial charge in [-0.25, -0.2) is 0 Å². The van der Waals surface area contributed by atoms with Crippen LogP contribution >= 0.6 is 21.6 Å². The molecule has 1 aromatic heterocycles. The summed E-state index contributed by atoms with van der Waals surface area (Å²) >= 11 is 0. The molecule has 1 aliphatic carbocycles. The molecule has 0 bridgehead atoms. The molecule has 3 aliphatic rings. The predicted molar refractivity (Wildman–Crippen MR) is 211 cm³/mol. The zero-order valence-electron chi connectivity index (χ0n) is 30.9. The summed E-state index contributed by atoms with van der Waals surface area (Å²) < 4.78 is 0. The Morgan fingerprint density at radius 2 is 1.75 bits per heavy atom. The van der Waals surface area contributed by atoms with Gasteiger partial charge in [-0.3, -0.25) is 43.3 Å². The number of amides is 7. The summed E-state index contributed by atoms with van der Waals surface area (Å²) in [6.45, 7) is -0.234. The average molecular weight is 830 g/mol. The lowest BCUT2D eigenvalue weighted by Crippen LogP contribution is -2.56. The zero-order chi connectivity index (χ0) is 41.3. The number of para-hydroxylation sites is 1. The number of nitrogens with two attached hydrogens (primary N) is 3. The second kappa shape index (κ2) is 19.1. The van der Waals surface area contributed by atoms with Crippen molar-refractivity contribution >= 4 is 85.8 Å². The van der Waals surface area contributed by atoms with Gasteiger partial charge in [-0.1, -0.05) is 39.8 Å². The number of carbonyl (C=O) groups excluding carboxylic acids is 7. The van der Waals surface area contributed by atoms with E-state index in [0.717, 1.165) is 0 Å². The fraction of sp³-hybridized carbons (Fsp3) is 0.514. The quantitative estimate of drug-likeness (QED) is 0.0601. The molecule has 6 atom stereocenters. The molecule has 0 radical (unpaired) electrons. The minimum atomic E-state index is -1.70. The van der Waals surface area contributed by atoms with Gasteiger partial charge >= 0.3 is 5.97 Å². The summed E-state index contributed by atoms with van der Waals surface area (Å²) in [5.41, 5.74) is 16.1. The molecule has 1 saturated carbocycles. The number of aromatic amines is 1. The number of nitrogens with one attached hydrogen (secondary N) is 6. The van der Waals surface area contributed by atoms with Crippen LogP contribution in [0.4, 0.5) is 0 Å². The lowest BCUT2D eigenvalue weighted by atomic mass is 10.0. The maximum Gasteiger partial charge on any atom is 0.305 e. The van der Waals surface area contributed by atoms with Gasteiger partial charge in [0.25, 0.3) is 5.91 Å². The van der Waals surface area contributed by atoms with E-state index in [1.807, 2.05) is 0 Å². The van der Waals surface area contributed by atoms with E-state index in [1.165, 1.54) is 32.7 Å². The van der Waals surface area contributed by atoms with Crippen LogP contribution in [0.5, 0.6) is 0 Å². The second-order valence-corrected chi connectivity index (χ2v) is 16.6. The number of primary amides is 1. The van der Waals surface area contributed by atoms with Crippen molar-refractivity contribution in [2.75, 3.05) is 31.1 Å². The number of fused-ring (bicyclic) bond motifs is 2. The number of carboxylic acid groups (broad SMARTS) is 1. The van der Waals surface area contributed by atoms with Crippen LogP contribution in [0.2, 0.25) is 0 Å². The van der Waals surface area contributed by atoms with E-state index >= 15 is 0 Å². The highest BCUT2D eigenvalue weighted by Crippen LogP contribution is 2.47. The smallest absolute Gasteiger partial charge is 0.305 e. The Morgan fingerprint density at radius 3 is 2.49 bits per heavy atom. The van der Waals surface area contributed by atoms with Crippen molar-refractivity contribution in [3.63, 3.8) is 0 Å². The van der Waals surface area contributed by atoms with E-state index in [-0.39, 0.29) is 49.2 Å². The van der Waals surface area contributed by atoms with E-state index in [1.54, 1.807) is 24.3 Å². The van der Waals surface area contributed by atoms with E-state index < -0.39 is 90.0 Å². The Balaban J connectivity index is 1.43. The molecule has 13 N–H and O–H groups in total. The first kappa shape index (κ1) is 42.6. The average Bonchev–Trinajstić information content (AvgIpc) is 3.45. The van der Waals surface area contributed by atoms with Crippen molar-refractivity contribution < 1.29 is 43.5 Å². The van der Waals surface area contributed by atoms with Crippen molar-refractivity contribution in [3.8, 4) is 0 Å². The lowest BCUT2D eigenvalue weighted by molar-refractivity contribution is -0.143. The molecule has 4 unspecified atom stereocenters. The fourth-order valence-electron chi connectivity index (χ4n) is 7.06. The van der Waals surface area contributed by atoms with Crippen LogP contribution in [0.3, 0.4) is 0 Å². The Bertz CT molecular complexity index is 1920. The van der Waals surface area contributed by atoms with Gasteiger partial charge < -0.3 is 58.8 Å². The van der Waals surface area contributed by atoms with Crippen LogP contribution in [-0.2, 0) is 38.4 Å². The molecule has 3 fully saturated rings. The molecule has 2 aliphatic heterocycles. The summed E-state index contributed by atoms with van der Waals surface area (Å²) in [5, 5.41) is 23.2. The topological polar surface area (TPSA) is 326 Å². The number of hydrogen-bond donors (Lipinski definition) is 10. The van der Waals surface area contributed by atoms with Gasteiger partial charge in [0.15, 0.2) is 5.96 Å². The number of aliphatic carboxylic acids is 1. The van der Waals surface area contributed by atoms with Crippen molar-refractivity contribution in [2.24, 2.45) is 28.1 Å². The van der Waals surface area contributed by atoms with Crippen molar-refractivity contribution in [2.45, 2.75) is 74.7 Å². The molecule has 1 spiro atoms. The third kappa shape index (κ3) is 10.9.